The van der Waals surface area contributed by atoms with Gasteiger partial charge in [-0.2, -0.15) is 0 Å². The second kappa shape index (κ2) is 5.96. The first-order valence-corrected chi connectivity index (χ1v) is 7.57. The molecule has 0 N–H and O–H groups in total. The van der Waals surface area contributed by atoms with Gasteiger partial charge in [0.1, 0.15) is 5.75 Å². The first-order valence-electron chi connectivity index (χ1n) is 5.75. The predicted octanol–water partition coefficient (Wildman–Crippen LogP) is 2.39. The molecule has 0 unspecified atom stereocenters. The molecule has 0 bridgehead atoms. The number of aryl methyl sites for hydroxylation is 1. The summed E-state index contributed by atoms with van der Waals surface area (Å²) in [5, 5.41) is 0. The highest BCUT2D eigenvalue weighted by Gasteiger charge is 2.17. The van der Waals surface area contributed by atoms with Gasteiger partial charge in [0.2, 0.25) is 0 Å². The number of carbonyl (C=O) groups excluding carboxylic acids is 1. The summed E-state index contributed by atoms with van der Waals surface area (Å²) in [6, 6.07) is 7.02. The van der Waals surface area contributed by atoms with Crippen molar-refractivity contribution in [2.45, 2.75) is 26.7 Å². The Morgan fingerprint density at radius 3 is 2.59 bits per heavy atom. The lowest BCUT2D eigenvalue weighted by atomic mass is 10.1. The molecular weight excluding hydrogens is 236 g/mol. The van der Waals surface area contributed by atoms with Crippen LogP contribution in [-0.4, -0.2) is 25.7 Å². The molecule has 0 saturated heterocycles. The van der Waals surface area contributed by atoms with Crippen LogP contribution in [0.4, 0.5) is 0 Å². The molecule has 0 heterocycles. The van der Waals surface area contributed by atoms with Crippen molar-refractivity contribution >= 4 is 15.6 Å². The summed E-state index contributed by atoms with van der Waals surface area (Å²) in [5.74, 6) is -0.595. The minimum absolute atomic E-state index is 0.0983. The van der Waals surface area contributed by atoms with Gasteiger partial charge in [-0.25, -0.2) is 8.42 Å². The molecule has 0 spiro atoms. The Labute approximate surface area is 103 Å². The topological polar surface area (TPSA) is 51.2 Å². The van der Waals surface area contributed by atoms with Crippen molar-refractivity contribution in [3.8, 4) is 0 Å². The van der Waals surface area contributed by atoms with Crippen LogP contribution in [0, 0.1) is 6.92 Å². The number of Topliss-reactive ketones (excluding diaryl/α,β-unsaturated/α-hetero) is 1. The van der Waals surface area contributed by atoms with E-state index in [-0.39, 0.29) is 17.3 Å². The van der Waals surface area contributed by atoms with E-state index >= 15 is 0 Å². The van der Waals surface area contributed by atoms with E-state index in [4.69, 9.17) is 0 Å². The van der Waals surface area contributed by atoms with E-state index in [1.165, 1.54) is 0 Å². The molecule has 1 aromatic carbocycles. The highest BCUT2D eigenvalue weighted by Crippen LogP contribution is 2.07. The fraction of sp³-hybridized carbons (Fsp3) is 0.462. The predicted molar refractivity (Wildman–Crippen MR) is 69.1 cm³/mol. The van der Waals surface area contributed by atoms with E-state index in [1.54, 1.807) is 18.2 Å². The molecule has 1 aromatic rings. The lowest BCUT2D eigenvalue weighted by molar-refractivity contribution is 0.102. The van der Waals surface area contributed by atoms with Gasteiger partial charge >= 0.3 is 0 Å². The van der Waals surface area contributed by atoms with Gasteiger partial charge < -0.3 is 0 Å². The zero-order valence-corrected chi connectivity index (χ0v) is 11.1. The zero-order valence-electron chi connectivity index (χ0n) is 10.3. The van der Waals surface area contributed by atoms with Gasteiger partial charge in [-0.3, -0.25) is 4.79 Å². The first kappa shape index (κ1) is 13.9. The SMILES string of the molecule is CCCCS(=O)(=O)CC(=O)c1cccc(C)c1. The molecule has 1 rings (SSSR count). The molecular formula is C13H18O3S. The molecule has 0 aliphatic rings. The molecule has 0 aliphatic carbocycles. The molecule has 3 nitrogen and oxygen atoms in total. The van der Waals surface area contributed by atoms with Crippen molar-refractivity contribution in [1.82, 2.24) is 0 Å². The smallest absolute Gasteiger partial charge is 0.177 e. The maximum absolute atomic E-state index is 11.8. The van der Waals surface area contributed by atoms with Crippen LogP contribution < -0.4 is 0 Å². The summed E-state index contributed by atoms with van der Waals surface area (Å²) in [6.45, 7) is 3.81. The van der Waals surface area contributed by atoms with Crippen molar-refractivity contribution in [1.29, 1.82) is 0 Å². The molecule has 17 heavy (non-hydrogen) atoms. The van der Waals surface area contributed by atoms with Crippen LogP contribution in [0.15, 0.2) is 24.3 Å². The van der Waals surface area contributed by atoms with Crippen molar-refractivity contribution in [3.05, 3.63) is 35.4 Å². The highest BCUT2D eigenvalue weighted by atomic mass is 32.2. The minimum atomic E-state index is -3.25. The summed E-state index contributed by atoms with van der Waals surface area (Å²) in [4.78, 5) is 11.8. The van der Waals surface area contributed by atoms with Crippen molar-refractivity contribution < 1.29 is 13.2 Å². The Bertz CT molecular complexity index is 489. The van der Waals surface area contributed by atoms with Crippen molar-refractivity contribution in [3.63, 3.8) is 0 Å². The third-order valence-corrected chi connectivity index (χ3v) is 4.11. The van der Waals surface area contributed by atoms with Crippen LogP contribution in [0.1, 0.15) is 35.7 Å². The summed E-state index contributed by atoms with van der Waals surface area (Å²) < 4.78 is 23.3. The van der Waals surface area contributed by atoms with Crippen LogP contribution in [0.3, 0.4) is 0 Å². The standard InChI is InChI=1S/C13H18O3S/c1-3-4-8-17(15,16)10-13(14)12-7-5-6-11(2)9-12/h5-7,9H,3-4,8,10H2,1-2H3. The molecule has 0 amide bonds. The maximum atomic E-state index is 11.8. The highest BCUT2D eigenvalue weighted by molar-refractivity contribution is 7.92. The quantitative estimate of drug-likeness (QED) is 0.732. The van der Waals surface area contributed by atoms with Gasteiger partial charge in [0.25, 0.3) is 0 Å². The van der Waals surface area contributed by atoms with E-state index in [1.807, 2.05) is 19.9 Å². The largest absolute Gasteiger partial charge is 0.293 e. The normalized spacial score (nSPS) is 11.4. The number of rotatable bonds is 6. The molecule has 0 fully saturated rings. The van der Waals surface area contributed by atoms with Gasteiger partial charge in [-0.15, -0.1) is 0 Å². The Morgan fingerprint density at radius 1 is 1.29 bits per heavy atom. The van der Waals surface area contributed by atoms with Crippen LogP contribution in [0.5, 0.6) is 0 Å². The average Bonchev–Trinajstić information content (AvgIpc) is 2.26. The second-order valence-corrected chi connectivity index (χ2v) is 6.42. The Hall–Kier alpha value is -1.16. The third-order valence-electron chi connectivity index (χ3n) is 2.50. The van der Waals surface area contributed by atoms with Gasteiger partial charge in [0.15, 0.2) is 15.6 Å². The molecule has 94 valence electrons. The molecule has 4 heteroatoms. The molecule has 0 atom stereocenters. The minimum Gasteiger partial charge on any atom is -0.293 e. The maximum Gasteiger partial charge on any atom is 0.177 e. The lowest BCUT2D eigenvalue weighted by Gasteiger charge is -2.04. The van der Waals surface area contributed by atoms with E-state index in [0.29, 0.717) is 12.0 Å². The van der Waals surface area contributed by atoms with Crippen molar-refractivity contribution in [2.75, 3.05) is 11.5 Å². The Morgan fingerprint density at radius 2 is 2.00 bits per heavy atom. The number of sulfone groups is 1. The monoisotopic (exact) mass is 254 g/mol. The number of unbranched alkanes of at least 4 members (excludes halogenated alkanes) is 1. The van der Waals surface area contributed by atoms with Crippen LogP contribution in [0.2, 0.25) is 0 Å². The van der Waals surface area contributed by atoms with Crippen molar-refractivity contribution in [2.24, 2.45) is 0 Å². The zero-order chi connectivity index (χ0) is 12.9. The number of benzene rings is 1. The summed E-state index contributed by atoms with van der Waals surface area (Å²) in [7, 11) is -3.25. The van der Waals surface area contributed by atoms with E-state index in [9.17, 15) is 13.2 Å². The van der Waals surface area contributed by atoms with Gasteiger partial charge in [0, 0.05) is 5.56 Å². The summed E-state index contributed by atoms with van der Waals surface area (Å²) in [5.41, 5.74) is 1.44. The number of hydrogen-bond donors (Lipinski definition) is 0. The number of carbonyl (C=O) groups is 1. The molecule has 0 aromatic heterocycles. The van der Waals surface area contributed by atoms with Gasteiger partial charge in [0.05, 0.1) is 5.75 Å². The van der Waals surface area contributed by atoms with Crippen LogP contribution >= 0.6 is 0 Å². The molecule has 0 radical (unpaired) electrons. The number of hydrogen-bond acceptors (Lipinski definition) is 3. The third kappa shape index (κ3) is 4.69. The summed E-state index contributed by atoms with van der Waals surface area (Å²) in [6.07, 6.45) is 1.43. The molecule has 0 aliphatic heterocycles. The van der Waals surface area contributed by atoms with Gasteiger partial charge in [-0.05, 0) is 19.4 Å². The summed E-state index contributed by atoms with van der Waals surface area (Å²) >= 11 is 0. The Balaban J connectivity index is 2.73. The fourth-order valence-corrected chi connectivity index (χ4v) is 2.98. The van der Waals surface area contributed by atoms with E-state index in [0.717, 1.165) is 12.0 Å². The van der Waals surface area contributed by atoms with E-state index < -0.39 is 9.84 Å². The molecule has 0 saturated carbocycles. The first-order chi connectivity index (χ1) is 7.94. The van der Waals surface area contributed by atoms with Crippen LogP contribution in [0.25, 0.3) is 0 Å². The average molecular weight is 254 g/mol. The second-order valence-electron chi connectivity index (χ2n) is 4.24. The Kier molecular flexibility index (Phi) is 4.87. The van der Waals surface area contributed by atoms with Crippen LogP contribution in [-0.2, 0) is 9.84 Å². The number of ketones is 1. The fourth-order valence-electron chi connectivity index (χ4n) is 1.54. The van der Waals surface area contributed by atoms with E-state index in [2.05, 4.69) is 0 Å². The van der Waals surface area contributed by atoms with Gasteiger partial charge in [-0.1, -0.05) is 37.1 Å². The lowest BCUT2D eigenvalue weighted by Crippen LogP contribution is -2.19.